The number of aromatic nitrogens is 1. The quantitative estimate of drug-likeness (QED) is 0.857. The number of hydrogen-bond acceptors (Lipinski definition) is 1. The Morgan fingerprint density at radius 1 is 1.17 bits per heavy atom. The fraction of sp³-hybridized carbons (Fsp3) is 0.133. The van der Waals surface area contributed by atoms with Gasteiger partial charge in [-0.15, -0.1) is 0 Å². The first-order valence-corrected chi connectivity index (χ1v) is 6.04. The Kier molecular flexibility index (Phi) is 2.73. The van der Waals surface area contributed by atoms with Crippen LogP contribution in [-0.4, -0.2) is 10.5 Å². The number of rotatable bonds is 2. The molecule has 1 aromatic heterocycles. The van der Waals surface area contributed by atoms with Crippen molar-refractivity contribution >= 4 is 12.1 Å². The first kappa shape index (κ1) is 10.8. The van der Waals surface area contributed by atoms with Crippen molar-refractivity contribution in [3.8, 4) is 0 Å². The van der Waals surface area contributed by atoms with E-state index in [9.17, 15) is 4.79 Å². The Balaban J connectivity index is 1.79. The van der Waals surface area contributed by atoms with E-state index in [1.54, 1.807) is 0 Å². The van der Waals surface area contributed by atoms with Crippen molar-refractivity contribution in [1.82, 2.24) is 9.88 Å². The summed E-state index contributed by atoms with van der Waals surface area (Å²) in [6, 6.07) is 13.4. The first-order valence-electron chi connectivity index (χ1n) is 6.04. The summed E-state index contributed by atoms with van der Waals surface area (Å²) in [5, 5.41) is 3.07. The lowest BCUT2D eigenvalue weighted by molar-refractivity contribution is 0.0935. The van der Waals surface area contributed by atoms with Crippen molar-refractivity contribution < 1.29 is 4.79 Å². The lowest BCUT2D eigenvalue weighted by Crippen LogP contribution is -2.30. The summed E-state index contributed by atoms with van der Waals surface area (Å²) >= 11 is 0. The molecule has 1 aromatic carbocycles. The molecule has 0 bridgehead atoms. The van der Waals surface area contributed by atoms with Gasteiger partial charge in [-0.1, -0.05) is 24.3 Å². The van der Waals surface area contributed by atoms with Gasteiger partial charge < -0.3 is 9.88 Å². The van der Waals surface area contributed by atoms with E-state index >= 15 is 0 Å². The Hall–Kier alpha value is -2.29. The molecule has 3 heteroatoms. The lowest BCUT2D eigenvalue weighted by atomic mass is 10.1. The van der Waals surface area contributed by atoms with Crippen LogP contribution in [0.4, 0.5) is 0 Å². The van der Waals surface area contributed by atoms with Crippen molar-refractivity contribution in [1.29, 1.82) is 0 Å². The molecule has 0 aliphatic carbocycles. The van der Waals surface area contributed by atoms with Crippen LogP contribution in [0.25, 0.3) is 6.20 Å². The minimum Gasteiger partial charge on any atom is -0.343 e. The summed E-state index contributed by atoms with van der Waals surface area (Å²) in [5.74, 6) is -0.0244. The third-order valence-electron chi connectivity index (χ3n) is 3.15. The molecule has 0 spiro atoms. The summed E-state index contributed by atoms with van der Waals surface area (Å²) in [6.45, 7) is 0. The van der Waals surface area contributed by atoms with Gasteiger partial charge in [0.05, 0.1) is 6.04 Å². The summed E-state index contributed by atoms with van der Waals surface area (Å²) in [7, 11) is 0. The molecule has 1 aliphatic heterocycles. The highest BCUT2D eigenvalue weighted by atomic mass is 16.1. The molecule has 0 fully saturated rings. The Morgan fingerprint density at radius 3 is 2.83 bits per heavy atom. The maximum atomic E-state index is 12.1. The summed E-state index contributed by atoms with van der Waals surface area (Å²) in [6.07, 6.45) is 6.93. The molecule has 2 aromatic rings. The number of carbonyl (C=O) groups excluding carboxylic acids is 1. The first-order chi connectivity index (χ1) is 8.84. The normalized spacial score (nSPS) is 17.2. The minimum atomic E-state index is -0.0244. The van der Waals surface area contributed by atoms with Gasteiger partial charge in [0.1, 0.15) is 0 Å². The van der Waals surface area contributed by atoms with Gasteiger partial charge >= 0.3 is 0 Å². The van der Waals surface area contributed by atoms with Crippen LogP contribution >= 0.6 is 0 Å². The molecule has 0 unspecified atom stereocenters. The fourth-order valence-electron chi connectivity index (χ4n) is 2.23. The number of nitrogens with one attached hydrogen (secondary N) is 1. The number of fused-ring (bicyclic) bond motifs is 1. The van der Waals surface area contributed by atoms with Gasteiger partial charge in [0, 0.05) is 23.7 Å². The van der Waals surface area contributed by atoms with Crippen LogP contribution in [0.5, 0.6) is 0 Å². The Morgan fingerprint density at radius 2 is 2.00 bits per heavy atom. The molecule has 0 radical (unpaired) electrons. The van der Waals surface area contributed by atoms with E-state index < -0.39 is 0 Å². The van der Waals surface area contributed by atoms with E-state index in [0.717, 1.165) is 12.1 Å². The standard InChI is InChI=1S/C15H14N2O/c18-15(12-6-2-1-3-7-12)16-13-8-4-10-17-11-5-9-14(13)17/h1-7,9-11,13H,8H2,(H,16,18)/t13-/m0/s1. The van der Waals surface area contributed by atoms with Crippen LogP contribution in [-0.2, 0) is 0 Å². The van der Waals surface area contributed by atoms with E-state index in [1.165, 1.54) is 0 Å². The largest absolute Gasteiger partial charge is 0.343 e. The number of carbonyl (C=O) groups is 1. The maximum absolute atomic E-state index is 12.1. The molecule has 1 amide bonds. The third kappa shape index (κ3) is 1.95. The number of amides is 1. The van der Waals surface area contributed by atoms with Crippen LogP contribution in [0.1, 0.15) is 28.5 Å². The van der Waals surface area contributed by atoms with Crippen molar-refractivity contribution in [2.24, 2.45) is 0 Å². The molecular formula is C15H14N2O. The summed E-state index contributed by atoms with van der Waals surface area (Å²) < 4.78 is 2.04. The van der Waals surface area contributed by atoms with E-state index in [-0.39, 0.29) is 11.9 Å². The molecule has 0 saturated carbocycles. The van der Waals surface area contributed by atoms with Crippen LogP contribution in [0.15, 0.2) is 54.7 Å². The SMILES string of the molecule is O=C(N[C@H]1CC=Cn2cccc21)c1ccccc1. The van der Waals surface area contributed by atoms with Crippen LogP contribution in [0.3, 0.4) is 0 Å². The Labute approximate surface area is 106 Å². The molecule has 3 rings (SSSR count). The smallest absolute Gasteiger partial charge is 0.251 e. The number of hydrogen-bond donors (Lipinski definition) is 1. The molecule has 2 heterocycles. The minimum absolute atomic E-state index is 0.0244. The van der Waals surface area contributed by atoms with Crippen molar-refractivity contribution in [2.45, 2.75) is 12.5 Å². The number of benzene rings is 1. The lowest BCUT2D eigenvalue weighted by Gasteiger charge is -2.21. The van der Waals surface area contributed by atoms with Crippen molar-refractivity contribution in [3.05, 3.63) is 66.0 Å². The van der Waals surface area contributed by atoms with Crippen molar-refractivity contribution in [3.63, 3.8) is 0 Å². The second-order valence-electron chi connectivity index (χ2n) is 4.35. The van der Waals surface area contributed by atoms with Crippen LogP contribution in [0, 0.1) is 0 Å². The van der Waals surface area contributed by atoms with Crippen LogP contribution < -0.4 is 5.32 Å². The molecule has 18 heavy (non-hydrogen) atoms. The molecule has 3 nitrogen and oxygen atoms in total. The van der Waals surface area contributed by atoms with Gasteiger partial charge in [-0.3, -0.25) is 4.79 Å². The molecule has 1 atom stereocenters. The third-order valence-corrected chi connectivity index (χ3v) is 3.15. The summed E-state index contributed by atoms with van der Waals surface area (Å²) in [5.41, 5.74) is 1.83. The van der Waals surface area contributed by atoms with E-state index in [2.05, 4.69) is 11.4 Å². The van der Waals surface area contributed by atoms with Gasteiger partial charge in [-0.25, -0.2) is 0 Å². The molecular weight excluding hydrogens is 224 g/mol. The van der Waals surface area contributed by atoms with Gasteiger partial charge in [0.2, 0.25) is 0 Å². The van der Waals surface area contributed by atoms with E-state index in [4.69, 9.17) is 0 Å². The zero-order valence-electron chi connectivity index (χ0n) is 9.91. The van der Waals surface area contributed by atoms with Crippen molar-refractivity contribution in [2.75, 3.05) is 0 Å². The predicted molar refractivity (Wildman–Crippen MR) is 71.0 cm³/mol. The highest BCUT2D eigenvalue weighted by Crippen LogP contribution is 2.23. The number of nitrogens with zero attached hydrogens (tertiary/aromatic N) is 1. The molecule has 1 N–H and O–H groups in total. The van der Waals surface area contributed by atoms with Gasteiger partial charge in [0.25, 0.3) is 5.91 Å². The molecule has 0 saturated heterocycles. The van der Waals surface area contributed by atoms with E-state index in [1.807, 2.05) is 59.4 Å². The van der Waals surface area contributed by atoms with Gasteiger partial charge in [-0.2, -0.15) is 0 Å². The average molecular weight is 238 g/mol. The maximum Gasteiger partial charge on any atom is 0.251 e. The second kappa shape index (κ2) is 4.53. The second-order valence-corrected chi connectivity index (χ2v) is 4.35. The summed E-state index contributed by atoms with van der Waals surface area (Å²) in [4.78, 5) is 12.1. The zero-order valence-corrected chi connectivity index (χ0v) is 9.91. The highest BCUT2D eigenvalue weighted by Gasteiger charge is 2.19. The van der Waals surface area contributed by atoms with Gasteiger partial charge in [-0.05, 0) is 30.7 Å². The average Bonchev–Trinajstić information content (AvgIpc) is 2.89. The fourth-order valence-corrected chi connectivity index (χ4v) is 2.23. The van der Waals surface area contributed by atoms with Crippen LogP contribution in [0.2, 0.25) is 0 Å². The molecule has 90 valence electrons. The zero-order chi connectivity index (χ0) is 12.4. The monoisotopic (exact) mass is 238 g/mol. The van der Waals surface area contributed by atoms with E-state index in [0.29, 0.717) is 5.56 Å². The predicted octanol–water partition coefficient (Wildman–Crippen LogP) is 2.83. The molecule has 1 aliphatic rings. The highest BCUT2D eigenvalue weighted by molar-refractivity contribution is 5.94. The topological polar surface area (TPSA) is 34.0 Å². The Bertz CT molecular complexity index is 584. The van der Waals surface area contributed by atoms with Gasteiger partial charge in [0.15, 0.2) is 0 Å².